The summed E-state index contributed by atoms with van der Waals surface area (Å²) in [6.45, 7) is 5.08. The molecule has 1 aliphatic heterocycles. The summed E-state index contributed by atoms with van der Waals surface area (Å²) < 4.78 is 5.95. The predicted molar refractivity (Wildman–Crippen MR) is 76.5 cm³/mol. The van der Waals surface area contributed by atoms with Crippen LogP contribution in [0.4, 0.5) is 5.82 Å². The summed E-state index contributed by atoms with van der Waals surface area (Å²) >= 11 is 0. The SMILES string of the molecule is CCC1(CC)CC(Nc2ccc(C(N)=O)nn2)CCO1. The molecule has 0 aliphatic carbocycles. The smallest absolute Gasteiger partial charge is 0.269 e. The van der Waals surface area contributed by atoms with Gasteiger partial charge in [0.1, 0.15) is 5.82 Å². The Morgan fingerprint density at radius 2 is 2.20 bits per heavy atom. The van der Waals surface area contributed by atoms with Crippen LogP contribution in [0, 0.1) is 0 Å². The molecule has 2 rings (SSSR count). The standard InChI is InChI=1S/C14H22N4O2/c1-3-14(4-2)9-10(7-8-20-14)16-12-6-5-11(13(15)19)17-18-12/h5-6,10H,3-4,7-9H2,1-2H3,(H2,15,19)(H,16,18). The van der Waals surface area contributed by atoms with Gasteiger partial charge in [-0.05, 0) is 37.8 Å². The van der Waals surface area contributed by atoms with Crippen molar-refractivity contribution in [3.63, 3.8) is 0 Å². The molecular formula is C14H22N4O2. The van der Waals surface area contributed by atoms with Crippen LogP contribution in [0.5, 0.6) is 0 Å². The zero-order chi connectivity index (χ0) is 14.6. The van der Waals surface area contributed by atoms with Crippen molar-refractivity contribution in [1.82, 2.24) is 10.2 Å². The van der Waals surface area contributed by atoms with Crippen LogP contribution in [0.3, 0.4) is 0 Å². The molecule has 2 heterocycles. The predicted octanol–water partition coefficient (Wildman–Crippen LogP) is 1.73. The number of nitrogens with one attached hydrogen (secondary N) is 1. The highest BCUT2D eigenvalue weighted by Gasteiger charge is 2.34. The molecule has 1 amide bonds. The molecule has 1 aromatic rings. The van der Waals surface area contributed by atoms with E-state index >= 15 is 0 Å². The van der Waals surface area contributed by atoms with Crippen molar-refractivity contribution in [2.75, 3.05) is 11.9 Å². The largest absolute Gasteiger partial charge is 0.375 e. The average Bonchev–Trinajstić information content (AvgIpc) is 2.48. The molecule has 0 saturated carbocycles. The first kappa shape index (κ1) is 14.7. The second-order valence-corrected chi connectivity index (χ2v) is 5.24. The third kappa shape index (κ3) is 3.25. The summed E-state index contributed by atoms with van der Waals surface area (Å²) in [5.41, 5.74) is 5.29. The van der Waals surface area contributed by atoms with Gasteiger partial charge in [-0.2, -0.15) is 0 Å². The fourth-order valence-corrected chi connectivity index (χ4v) is 2.64. The van der Waals surface area contributed by atoms with Crippen LogP contribution in [-0.4, -0.2) is 34.4 Å². The molecule has 1 atom stereocenters. The number of carbonyl (C=O) groups excluding carboxylic acids is 1. The molecule has 0 aromatic carbocycles. The van der Waals surface area contributed by atoms with Crippen molar-refractivity contribution in [2.45, 2.75) is 51.2 Å². The Labute approximate surface area is 119 Å². The van der Waals surface area contributed by atoms with Crippen LogP contribution in [0.1, 0.15) is 50.0 Å². The third-order valence-corrected chi connectivity index (χ3v) is 4.05. The number of rotatable bonds is 5. The minimum Gasteiger partial charge on any atom is -0.375 e. The maximum atomic E-state index is 10.9. The van der Waals surface area contributed by atoms with Crippen LogP contribution in [0.2, 0.25) is 0 Å². The number of aromatic nitrogens is 2. The summed E-state index contributed by atoms with van der Waals surface area (Å²) in [7, 11) is 0. The zero-order valence-electron chi connectivity index (χ0n) is 12.1. The normalized spacial score (nSPS) is 21.4. The summed E-state index contributed by atoms with van der Waals surface area (Å²) in [5, 5.41) is 11.2. The minimum atomic E-state index is -0.564. The lowest BCUT2D eigenvalue weighted by molar-refractivity contribution is -0.0864. The first-order valence-corrected chi connectivity index (χ1v) is 7.12. The van der Waals surface area contributed by atoms with Gasteiger partial charge in [0.15, 0.2) is 5.69 Å². The maximum absolute atomic E-state index is 10.9. The van der Waals surface area contributed by atoms with Crippen molar-refractivity contribution in [1.29, 1.82) is 0 Å². The molecule has 3 N–H and O–H groups in total. The maximum Gasteiger partial charge on any atom is 0.269 e. The number of carbonyl (C=O) groups is 1. The number of amides is 1. The van der Waals surface area contributed by atoms with Crippen LogP contribution in [0.15, 0.2) is 12.1 Å². The van der Waals surface area contributed by atoms with Gasteiger partial charge in [0.2, 0.25) is 0 Å². The van der Waals surface area contributed by atoms with Gasteiger partial charge in [-0.3, -0.25) is 4.79 Å². The Hall–Kier alpha value is -1.69. The second kappa shape index (κ2) is 6.17. The minimum absolute atomic E-state index is 0.0312. The van der Waals surface area contributed by atoms with E-state index in [9.17, 15) is 4.79 Å². The highest BCUT2D eigenvalue weighted by Crippen LogP contribution is 2.32. The van der Waals surface area contributed by atoms with E-state index in [1.165, 1.54) is 0 Å². The Bertz CT molecular complexity index is 457. The van der Waals surface area contributed by atoms with E-state index < -0.39 is 5.91 Å². The second-order valence-electron chi connectivity index (χ2n) is 5.24. The van der Waals surface area contributed by atoms with E-state index in [-0.39, 0.29) is 11.3 Å². The molecule has 1 aromatic heterocycles. The molecule has 110 valence electrons. The van der Waals surface area contributed by atoms with E-state index in [0.29, 0.717) is 11.9 Å². The number of primary amides is 1. The van der Waals surface area contributed by atoms with E-state index in [1.54, 1.807) is 12.1 Å². The Morgan fingerprint density at radius 3 is 2.75 bits per heavy atom. The Morgan fingerprint density at radius 1 is 1.45 bits per heavy atom. The summed E-state index contributed by atoms with van der Waals surface area (Å²) in [6.07, 6.45) is 3.92. The first-order valence-electron chi connectivity index (χ1n) is 7.12. The molecule has 1 unspecified atom stereocenters. The van der Waals surface area contributed by atoms with Crippen molar-refractivity contribution in [2.24, 2.45) is 5.73 Å². The highest BCUT2D eigenvalue weighted by atomic mass is 16.5. The van der Waals surface area contributed by atoms with Crippen LogP contribution in [0.25, 0.3) is 0 Å². The van der Waals surface area contributed by atoms with Crippen molar-refractivity contribution in [3.05, 3.63) is 17.8 Å². The number of anilines is 1. The quantitative estimate of drug-likeness (QED) is 0.856. The van der Waals surface area contributed by atoms with Crippen LogP contribution in [-0.2, 0) is 4.74 Å². The molecule has 20 heavy (non-hydrogen) atoms. The van der Waals surface area contributed by atoms with Gasteiger partial charge in [0, 0.05) is 12.6 Å². The zero-order valence-corrected chi connectivity index (χ0v) is 12.1. The topological polar surface area (TPSA) is 90.1 Å². The number of nitrogens with two attached hydrogens (primary N) is 1. The van der Waals surface area contributed by atoms with Crippen LogP contribution >= 0.6 is 0 Å². The molecule has 1 fully saturated rings. The van der Waals surface area contributed by atoms with Gasteiger partial charge in [0.25, 0.3) is 5.91 Å². The molecular weight excluding hydrogens is 256 g/mol. The van der Waals surface area contributed by atoms with Gasteiger partial charge >= 0.3 is 0 Å². The fourth-order valence-electron chi connectivity index (χ4n) is 2.64. The lowest BCUT2D eigenvalue weighted by Crippen LogP contribution is -2.43. The van der Waals surface area contributed by atoms with Crippen molar-refractivity contribution < 1.29 is 9.53 Å². The van der Waals surface area contributed by atoms with E-state index in [1.807, 2.05) is 0 Å². The third-order valence-electron chi connectivity index (χ3n) is 4.05. The average molecular weight is 278 g/mol. The summed E-state index contributed by atoms with van der Waals surface area (Å²) in [6, 6.07) is 3.64. The first-order chi connectivity index (χ1) is 9.58. The highest BCUT2D eigenvalue weighted by molar-refractivity contribution is 5.90. The summed E-state index contributed by atoms with van der Waals surface area (Å²) in [4.78, 5) is 10.9. The number of hydrogen-bond donors (Lipinski definition) is 2. The van der Waals surface area contributed by atoms with E-state index in [4.69, 9.17) is 10.5 Å². The molecule has 0 radical (unpaired) electrons. The monoisotopic (exact) mass is 278 g/mol. The summed E-state index contributed by atoms with van der Waals surface area (Å²) in [5.74, 6) is 0.106. The van der Waals surface area contributed by atoms with Gasteiger partial charge in [-0.15, -0.1) is 10.2 Å². The van der Waals surface area contributed by atoms with Crippen molar-refractivity contribution >= 4 is 11.7 Å². The van der Waals surface area contributed by atoms with E-state index in [2.05, 4.69) is 29.4 Å². The van der Waals surface area contributed by atoms with Gasteiger partial charge in [0.05, 0.1) is 5.60 Å². The van der Waals surface area contributed by atoms with Crippen molar-refractivity contribution in [3.8, 4) is 0 Å². The Kier molecular flexibility index (Phi) is 4.54. The molecule has 0 bridgehead atoms. The van der Waals surface area contributed by atoms with Gasteiger partial charge in [-0.25, -0.2) is 0 Å². The molecule has 6 nitrogen and oxygen atoms in total. The number of ether oxygens (including phenoxy) is 1. The molecule has 1 saturated heterocycles. The van der Waals surface area contributed by atoms with Crippen LogP contribution < -0.4 is 11.1 Å². The number of hydrogen-bond acceptors (Lipinski definition) is 5. The van der Waals surface area contributed by atoms with Gasteiger partial charge in [-0.1, -0.05) is 13.8 Å². The molecule has 6 heteroatoms. The number of nitrogens with zero attached hydrogens (tertiary/aromatic N) is 2. The Balaban J connectivity index is 2.00. The molecule has 1 aliphatic rings. The lowest BCUT2D eigenvalue weighted by atomic mass is 9.86. The molecule has 0 spiro atoms. The lowest BCUT2D eigenvalue weighted by Gasteiger charge is -2.40. The van der Waals surface area contributed by atoms with E-state index in [0.717, 1.165) is 32.3 Å². The van der Waals surface area contributed by atoms with Gasteiger partial charge < -0.3 is 15.8 Å². The fraction of sp³-hybridized carbons (Fsp3) is 0.643.